The Hall–Kier alpha value is -2.52. The van der Waals surface area contributed by atoms with E-state index in [1.165, 1.54) is 18.2 Å². The fourth-order valence-corrected chi connectivity index (χ4v) is 2.78. The molecule has 0 radical (unpaired) electrons. The number of benzene rings is 2. The Balaban J connectivity index is 2.44. The van der Waals surface area contributed by atoms with E-state index in [1.54, 1.807) is 30.3 Å². The number of nitriles is 1. The van der Waals surface area contributed by atoms with Gasteiger partial charge >= 0.3 is 0 Å². The van der Waals surface area contributed by atoms with Crippen molar-refractivity contribution in [2.24, 2.45) is 0 Å². The van der Waals surface area contributed by atoms with Crippen LogP contribution in [0.15, 0.2) is 53.4 Å². The summed E-state index contributed by atoms with van der Waals surface area (Å²) >= 11 is 0. The summed E-state index contributed by atoms with van der Waals surface area (Å²) in [7, 11) is -3.80. The molecule has 6 heteroatoms. The number of hydrogen-bond donors (Lipinski definition) is 2. The van der Waals surface area contributed by atoms with E-state index in [4.69, 9.17) is 11.0 Å². The van der Waals surface area contributed by atoms with Gasteiger partial charge in [0.05, 0.1) is 5.56 Å². The minimum absolute atomic E-state index is 0.0171. The molecule has 96 valence electrons. The average molecular weight is 273 g/mol. The molecule has 0 saturated carbocycles. The molecule has 0 amide bonds. The molecule has 19 heavy (non-hydrogen) atoms. The largest absolute Gasteiger partial charge is 0.399 e. The van der Waals surface area contributed by atoms with Crippen LogP contribution in [0.4, 0.5) is 11.4 Å². The molecule has 0 aromatic heterocycles. The Morgan fingerprint density at radius 3 is 2.42 bits per heavy atom. The molecule has 0 fully saturated rings. The van der Waals surface area contributed by atoms with Gasteiger partial charge in [0.1, 0.15) is 11.0 Å². The van der Waals surface area contributed by atoms with E-state index in [2.05, 4.69) is 4.72 Å². The Morgan fingerprint density at radius 2 is 1.79 bits per heavy atom. The Labute approximate surface area is 111 Å². The van der Waals surface area contributed by atoms with Gasteiger partial charge < -0.3 is 5.73 Å². The third kappa shape index (κ3) is 2.84. The van der Waals surface area contributed by atoms with Crippen LogP contribution in [0.3, 0.4) is 0 Å². The Kier molecular flexibility index (Phi) is 3.40. The van der Waals surface area contributed by atoms with E-state index < -0.39 is 10.0 Å². The van der Waals surface area contributed by atoms with Crippen molar-refractivity contribution >= 4 is 21.4 Å². The number of nitrogens with zero attached hydrogens (tertiary/aromatic N) is 1. The van der Waals surface area contributed by atoms with Gasteiger partial charge in [-0.05, 0) is 30.3 Å². The smallest absolute Gasteiger partial charge is 0.263 e. The van der Waals surface area contributed by atoms with Gasteiger partial charge in [-0.15, -0.1) is 0 Å². The molecule has 2 aromatic rings. The van der Waals surface area contributed by atoms with Crippen LogP contribution >= 0.6 is 0 Å². The lowest BCUT2D eigenvalue weighted by Crippen LogP contribution is -2.14. The summed E-state index contributed by atoms with van der Waals surface area (Å²) < 4.78 is 26.8. The van der Waals surface area contributed by atoms with E-state index in [0.717, 1.165) is 0 Å². The number of sulfonamides is 1. The quantitative estimate of drug-likeness (QED) is 0.835. The van der Waals surface area contributed by atoms with Gasteiger partial charge in [-0.2, -0.15) is 5.26 Å². The van der Waals surface area contributed by atoms with Crippen molar-refractivity contribution in [3.63, 3.8) is 0 Å². The van der Waals surface area contributed by atoms with Gasteiger partial charge in [0.2, 0.25) is 0 Å². The third-order valence-electron chi connectivity index (χ3n) is 2.44. The molecule has 0 aliphatic heterocycles. The summed E-state index contributed by atoms with van der Waals surface area (Å²) in [6.07, 6.45) is 0. The first kappa shape index (κ1) is 12.9. The molecule has 0 unspecified atom stereocenters. The molecule has 0 aliphatic rings. The highest BCUT2D eigenvalue weighted by Crippen LogP contribution is 2.21. The van der Waals surface area contributed by atoms with E-state index in [1.807, 2.05) is 6.07 Å². The highest BCUT2D eigenvalue weighted by atomic mass is 32.2. The van der Waals surface area contributed by atoms with Gasteiger partial charge in [-0.3, -0.25) is 4.72 Å². The standard InChI is InChI=1S/C13H11N3O2S/c14-9-10-8-11(15)6-7-13(10)19(17,18)16-12-4-2-1-3-5-12/h1-8,16H,15H2. The Morgan fingerprint density at radius 1 is 1.11 bits per heavy atom. The molecule has 0 bridgehead atoms. The van der Waals surface area contributed by atoms with Crippen molar-refractivity contribution in [3.8, 4) is 6.07 Å². The summed E-state index contributed by atoms with van der Waals surface area (Å²) in [5, 5.41) is 8.97. The lowest BCUT2D eigenvalue weighted by molar-refractivity contribution is 0.601. The molecular weight excluding hydrogens is 262 g/mol. The zero-order chi connectivity index (χ0) is 13.9. The van der Waals surface area contributed by atoms with Gasteiger partial charge in [-0.25, -0.2) is 8.42 Å². The maximum absolute atomic E-state index is 12.2. The van der Waals surface area contributed by atoms with Gasteiger partial charge in [0, 0.05) is 11.4 Å². The van der Waals surface area contributed by atoms with E-state index in [-0.39, 0.29) is 10.5 Å². The van der Waals surface area contributed by atoms with Crippen LogP contribution in [0.1, 0.15) is 5.56 Å². The van der Waals surface area contributed by atoms with Crippen LogP contribution in [0.25, 0.3) is 0 Å². The number of hydrogen-bond acceptors (Lipinski definition) is 4. The van der Waals surface area contributed by atoms with Crippen molar-refractivity contribution in [1.82, 2.24) is 0 Å². The second-order valence-electron chi connectivity index (χ2n) is 3.84. The third-order valence-corrected chi connectivity index (χ3v) is 3.88. The highest BCUT2D eigenvalue weighted by molar-refractivity contribution is 7.92. The molecule has 2 rings (SSSR count). The normalized spacial score (nSPS) is 10.7. The minimum Gasteiger partial charge on any atom is -0.399 e. The van der Waals surface area contributed by atoms with Crippen LogP contribution in [0, 0.1) is 11.3 Å². The topological polar surface area (TPSA) is 96.0 Å². The van der Waals surface area contributed by atoms with Crippen LogP contribution in [-0.2, 0) is 10.0 Å². The monoisotopic (exact) mass is 273 g/mol. The predicted molar refractivity (Wildman–Crippen MR) is 72.8 cm³/mol. The first-order valence-corrected chi connectivity index (χ1v) is 6.89. The van der Waals surface area contributed by atoms with Gasteiger partial charge in [0.25, 0.3) is 10.0 Å². The summed E-state index contributed by atoms with van der Waals surface area (Å²) in [5.41, 5.74) is 6.33. The first-order chi connectivity index (χ1) is 9.03. The SMILES string of the molecule is N#Cc1cc(N)ccc1S(=O)(=O)Nc1ccccc1. The van der Waals surface area contributed by atoms with E-state index >= 15 is 0 Å². The van der Waals surface area contributed by atoms with Crippen molar-refractivity contribution in [3.05, 3.63) is 54.1 Å². The van der Waals surface area contributed by atoms with E-state index in [0.29, 0.717) is 11.4 Å². The molecule has 0 saturated heterocycles. The Bertz CT molecular complexity index is 734. The van der Waals surface area contributed by atoms with Gasteiger partial charge in [-0.1, -0.05) is 18.2 Å². The number of nitrogens with two attached hydrogens (primary N) is 1. The van der Waals surface area contributed by atoms with Crippen LogP contribution in [0.5, 0.6) is 0 Å². The maximum atomic E-state index is 12.2. The summed E-state index contributed by atoms with van der Waals surface area (Å²) in [5.74, 6) is 0. The lowest BCUT2D eigenvalue weighted by atomic mass is 10.2. The van der Waals surface area contributed by atoms with Crippen molar-refractivity contribution in [2.45, 2.75) is 4.90 Å². The number of nitrogens with one attached hydrogen (secondary N) is 1. The maximum Gasteiger partial charge on any atom is 0.263 e. The number of nitrogen functional groups attached to an aromatic ring is 1. The number of rotatable bonds is 3. The summed E-state index contributed by atoms with van der Waals surface area (Å²) in [6.45, 7) is 0. The fourth-order valence-electron chi connectivity index (χ4n) is 1.59. The first-order valence-electron chi connectivity index (χ1n) is 5.40. The highest BCUT2D eigenvalue weighted by Gasteiger charge is 2.18. The van der Waals surface area contributed by atoms with Crippen molar-refractivity contribution in [1.29, 1.82) is 5.26 Å². The van der Waals surface area contributed by atoms with Crippen LogP contribution in [-0.4, -0.2) is 8.42 Å². The molecule has 2 aromatic carbocycles. The van der Waals surface area contributed by atoms with Crippen molar-refractivity contribution < 1.29 is 8.42 Å². The molecule has 3 N–H and O–H groups in total. The zero-order valence-corrected chi connectivity index (χ0v) is 10.7. The summed E-state index contributed by atoms with van der Waals surface area (Å²) in [4.78, 5) is -0.0898. The van der Waals surface area contributed by atoms with Gasteiger partial charge in [0.15, 0.2) is 0 Å². The number of anilines is 2. The number of para-hydroxylation sites is 1. The van der Waals surface area contributed by atoms with Crippen molar-refractivity contribution in [2.75, 3.05) is 10.5 Å². The molecular formula is C13H11N3O2S. The molecule has 5 nitrogen and oxygen atoms in total. The second kappa shape index (κ2) is 5.00. The average Bonchev–Trinajstić information content (AvgIpc) is 2.38. The minimum atomic E-state index is -3.80. The van der Waals surface area contributed by atoms with Crippen LogP contribution in [0.2, 0.25) is 0 Å². The fraction of sp³-hybridized carbons (Fsp3) is 0. The second-order valence-corrected chi connectivity index (χ2v) is 5.49. The van der Waals surface area contributed by atoms with E-state index in [9.17, 15) is 8.42 Å². The lowest BCUT2D eigenvalue weighted by Gasteiger charge is -2.09. The molecule has 0 aliphatic carbocycles. The van der Waals surface area contributed by atoms with Crippen LogP contribution < -0.4 is 10.5 Å². The molecule has 0 heterocycles. The molecule has 0 atom stereocenters. The predicted octanol–water partition coefficient (Wildman–Crippen LogP) is 1.94. The summed E-state index contributed by atoms with van der Waals surface area (Å²) in [6, 6.07) is 14.4. The zero-order valence-electron chi connectivity index (χ0n) is 9.87. The molecule has 0 spiro atoms.